The van der Waals surface area contributed by atoms with Gasteiger partial charge in [-0.05, 0) is 43.4 Å². The lowest BCUT2D eigenvalue weighted by Crippen LogP contribution is -2.42. The van der Waals surface area contributed by atoms with E-state index in [0.29, 0.717) is 55.6 Å². The largest absolute Gasteiger partial charge is 0.369 e. The number of halogens is 2. The number of aromatic nitrogens is 6. The Morgan fingerprint density at radius 3 is 2.51 bits per heavy atom. The molecule has 3 aromatic rings. The molecule has 232 valence electrons. The molecule has 0 amide bonds. The third-order valence-corrected chi connectivity index (χ3v) is 10.1. The molecule has 1 saturated heterocycles. The van der Waals surface area contributed by atoms with Crippen molar-refractivity contribution in [2.75, 3.05) is 35.3 Å². The lowest BCUT2D eigenvalue weighted by molar-refractivity contribution is 0.123. The van der Waals surface area contributed by atoms with Crippen molar-refractivity contribution in [3.05, 3.63) is 59.6 Å². The van der Waals surface area contributed by atoms with E-state index in [1.54, 1.807) is 18.3 Å². The molecule has 5 heterocycles. The minimum absolute atomic E-state index is 0.00931. The van der Waals surface area contributed by atoms with Crippen molar-refractivity contribution in [1.82, 2.24) is 33.4 Å². The van der Waals surface area contributed by atoms with Crippen LogP contribution in [0.25, 0.3) is 6.08 Å². The quantitative estimate of drug-likeness (QED) is 0.306. The van der Waals surface area contributed by atoms with Gasteiger partial charge in [-0.2, -0.15) is 4.98 Å². The van der Waals surface area contributed by atoms with E-state index in [0.717, 1.165) is 16.7 Å². The summed E-state index contributed by atoms with van der Waals surface area (Å²) in [6.07, 6.45) is 4.80. The summed E-state index contributed by atoms with van der Waals surface area (Å²) in [6, 6.07) is 3.36. The van der Waals surface area contributed by atoms with Gasteiger partial charge in [-0.1, -0.05) is 6.07 Å². The highest BCUT2D eigenvalue weighted by Gasteiger charge is 2.34. The van der Waals surface area contributed by atoms with E-state index in [1.165, 1.54) is 27.7 Å². The molecule has 18 heteroatoms. The van der Waals surface area contributed by atoms with Gasteiger partial charge in [-0.25, -0.2) is 39.9 Å². The van der Waals surface area contributed by atoms with E-state index in [1.807, 2.05) is 0 Å². The molecule has 2 aliphatic heterocycles. The maximum absolute atomic E-state index is 13.8. The second-order valence-electron chi connectivity index (χ2n) is 10.3. The zero-order valence-electron chi connectivity index (χ0n) is 23.2. The number of nitrogens with zero attached hydrogens (tertiary/aromatic N) is 8. The summed E-state index contributed by atoms with van der Waals surface area (Å²) < 4.78 is 78.0. The molecular weight excluding hydrogens is 608 g/mol. The van der Waals surface area contributed by atoms with Crippen LogP contribution in [0, 0.1) is 0 Å². The van der Waals surface area contributed by atoms with E-state index in [2.05, 4.69) is 30.4 Å². The fraction of sp³-hybridized carbons (Fsp3) is 0.480. The summed E-state index contributed by atoms with van der Waals surface area (Å²) in [5.41, 5.74) is 1.08. The van der Waals surface area contributed by atoms with Crippen LogP contribution in [0.3, 0.4) is 0 Å². The van der Waals surface area contributed by atoms with Gasteiger partial charge in [0.1, 0.15) is 18.5 Å². The molecular formula is C25H31F2N9O5S2. The average molecular weight is 640 g/mol. The number of piperidine rings is 1. The topological polar surface area (TPSA) is 176 Å². The molecule has 0 aliphatic carbocycles. The summed E-state index contributed by atoms with van der Waals surface area (Å²) in [5, 5.41) is 17.7. The Kier molecular flexibility index (Phi) is 9.00. The first-order valence-corrected chi connectivity index (χ1v) is 16.9. The first-order valence-electron chi connectivity index (χ1n) is 13.5. The highest BCUT2D eigenvalue weighted by atomic mass is 32.2. The van der Waals surface area contributed by atoms with Crippen molar-refractivity contribution in [2.24, 2.45) is 0 Å². The molecule has 2 N–H and O–H groups in total. The van der Waals surface area contributed by atoms with Crippen molar-refractivity contribution >= 4 is 37.9 Å². The number of rotatable bonds is 11. The van der Waals surface area contributed by atoms with Crippen LogP contribution in [0.5, 0.6) is 0 Å². The van der Waals surface area contributed by atoms with Crippen LogP contribution < -0.4 is 10.2 Å². The van der Waals surface area contributed by atoms with Gasteiger partial charge in [-0.15, -0.1) is 9.19 Å². The molecule has 3 aromatic heterocycles. The molecule has 1 atom stereocenters. The molecule has 1 unspecified atom stereocenters. The summed E-state index contributed by atoms with van der Waals surface area (Å²) in [6.45, 7) is 0.718. The normalized spacial score (nSPS) is 18.5. The standard InChI is InChI=1S/C25H31F2N9O5S2/c1-42(38,39)34-8-6-20(7-9-34)32-25-30-13-18-11-21(22(26)27)24(37)35(23(18)33-25)14-17-4-5-19(29-12-17)3-2-10-43(40,41)36-16-28-15-31-36/h4-5,11-13,15-16,20,22,24,37H,2-3,6-10,14H2,1H3,(H,30,32,33). The molecule has 43 heavy (non-hydrogen) atoms. The van der Waals surface area contributed by atoms with Crippen molar-refractivity contribution in [2.45, 2.75) is 50.9 Å². The van der Waals surface area contributed by atoms with Crippen LogP contribution in [-0.4, -0.2) is 99.2 Å². The summed E-state index contributed by atoms with van der Waals surface area (Å²) in [5.74, 6) is 0.342. The Bertz CT molecular complexity index is 1660. The maximum Gasteiger partial charge on any atom is 0.264 e. The van der Waals surface area contributed by atoms with Crippen LogP contribution in [0.4, 0.5) is 20.5 Å². The number of alkyl halides is 2. The lowest BCUT2D eigenvalue weighted by Gasteiger charge is -2.35. The van der Waals surface area contributed by atoms with Gasteiger partial charge in [-0.3, -0.25) is 4.98 Å². The zero-order valence-corrected chi connectivity index (χ0v) is 24.8. The highest BCUT2D eigenvalue weighted by Crippen LogP contribution is 2.34. The number of nitrogens with one attached hydrogen (secondary N) is 1. The SMILES string of the molecule is CS(=O)(=O)N1CCC(Nc2ncc3c(n2)N(Cc2ccc(CCCS(=O)(=O)n4cncn4)nc2)C(O)C(C(F)F)=C3)CC1. The summed E-state index contributed by atoms with van der Waals surface area (Å²) in [4.78, 5) is 18.2. The number of hydrogen-bond acceptors (Lipinski definition) is 12. The molecule has 0 spiro atoms. The smallest absolute Gasteiger partial charge is 0.264 e. The number of hydrogen-bond donors (Lipinski definition) is 2. The monoisotopic (exact) mass is 639 g/mol. The van der Waals surface area contributed by atoms with Crippen LogP contribution in [0.1, 0.15) is 36.1 Å². The van der Waals surface area contributed by atoms with Gasteiger partial charge in [0.25, 0.3) is 16.4 Å². The number of anilines is 2. The summed E-state index contributed by atoms with van der Waals surface area (Å²) in [7, 11) is -6.89. The summed E-state index contributed by atoms with van der Waals surface area (Å²) >= 11 is 0. The Morgan fingerprint density at radius 1 is 1.12 bits per heavy atom. The molecule has 14 nitrogen and oxygen atoms in total. The van der Waals surface area contributed by atoms with Gasteiger partial charge in [0.15, 0.2) is 6.23 Å². The number of fused-ring (bicyclic) bond motifs is 1. The molecule has 0 bridgehead atoms. The van der Waals surface area contributed by atoms with Crippen molar-refractivity contribution in [3.63, 3.8) is 0 Å². The van der Waals surface area contributed by atoms with Gasteiger partial charge in [0.2, 0.25) is 16.0 Å². The fourth-order valence-corrected chi connectivity index (χ4v) is 6.90. The minimum atomic E-state index is -3.61. The lowest BCUT2D eigenvalue weighted by atomic mass is 10.0. The van der Waals surface area contributed by atoms with E-state index in [4.69, 9.17) is 0 Å². The Balaban J connectivity index is 1.27. The van der Waals surface area contributed by atoms with Crippen LogP contribution in [0.15, 0.2) is 42.8 Å². The van der Waals surface area contributed by atoms with Gasteiger partial charge in [0.05, 0.1) is 12.0 Å². The number of aliphatic hydroxyl groups excluding tert-OH is 1. The molecule has 1 fully saturated rings. The molecule has 5 rings (SSSR count). The second kappa shape index (κ2) is 12.6. The van der Waals surface area contributed by atoms with Crippen molar-refractivity contribution in [3.8, 4) is 0 Å². The molecule has 0 radical (unpaired) electrons. The van der Waals surface area contributed by atoms with Gasteiger partial charge < -0.3 is 15.3 Å². The van der Waals surface area contributed by atoms with Crippen LogP contribution in [0.2, 0.25) is 0 Å². The maximum atomic E-state index is 13.8. The third kappa shape index (κ3) is 7.31. The van der Waals surface area contributed by atoms with Crippen molar-refractivity contribution in [1.29, 1.82) is 0 Å². The first-order chi connectivity index (χ1) is 20.4. The predicted octanol–water partition coefficient (Wildman–Crippen LogP) is 1.10. The molecule has 0 saturated carbocycles. The third-order valence-electron chi connectivity index (χ3n) is 7.25. The minimum Gasteiger partial charge on any atom is -0.369 e. The van der Waals surface area contributed by atoms with E-state index in [9.17, 15) is 30.7 Å². The van der Waals surface area contributed by atoms with Gasteiger partial charge >= 0.3 is 0 Å². The van der Waals surface area contributed by atoms with Crippen LogP contribution in [-0.2, 0) is 33.0 Å². The van der Waals surface area contributed by atoms with Crippen molar-refractivity contribution < 1.29 is 30.7 Å². The number of pyridine rings is 1. The molecule has 2 aliphatic rings. The van der Waals surface area contributed by atoms with Crippen LogP contribution >= 0.6 is 0 Å². The zero-order chi connectivity index (χ0) is 30.8. The van der Waals surface area contributed by atoms with E-state index < -0.39 is 38.3 Å². The predicted molar refractivity (Wildman–Crippen MR) is 153 cm³/mol. The van der Waals surface area contributed by atoms with Gasteiger partial charge in [0, 0.05) is 54.9 Å². The Labute approximate surface area is 247 Å². The number of aliphatic hydroxyl groups is 1. The Morgan fingerprint density at radius 2 is 1.88 bits per heavy atom. The van der Waals surface area contributed by atoms with E-state index in [-0.39, 0.29) is 30.1 Å². The number of aryl methyl sites for hydroxylation is 1. The average Bonchev–Trinajstić information content (AvgIpc) is 3.51. The fourth-order valence-electron chi connectivity index (χ4n) is 4.95. The molecule has 0 aromatic carbocycles. The number of sulfonamides is 1. The second-order valence-corrected chi connectivity index (χ2v) is 14.3. The highest BCUT2D eigenvalue weighted by molar-refractivity contribution is 7.89. The Hall–Kier alpha value is -3.61. The van der Waals surface area contributed by atoms with E-state index >= 15 is 0 Å². The first kappa shape index (κ1) is 30.8.